The molecule has 2 amide bonds. The van der Waals surface area contributed by atoms with E-state index >= 15 is 0 Å². The van der Waals surface area contributed by atoms with Gasteiger partial charge in [0.15, 0.2) is 0 Å². The Hall–Kier alpha value is -0.950. The van der Waals surface area contributed by atoms with Crippen LogP contribution in [-0.2, 0) is 19.6 Å². The van der Waals surface area contributed by atoms with E-state index in [1.54, 1.807) is 6.92 Å². The maximum Gasteiger partial charge on any atom is 0.245 e. The van der Waals surface area contributed by atoms with Gasteiger partial charge in [-0.2, -0.15) is 4.31 Å². The number of nitrogens with one attached hydrogen (secondary N) is 1. The fourth-order valence-corrected chi connectivity index (χ4v) is 5.06. The predicted molar refractivity (Wildman–Crippen MR) is 69.7 cm³/mol. The van der Waals surface area contributed by atoms with Crippen LogP contribution >= 0.6 is 0 Å². The molecule has 1 aliphatic carbocycles. The number of hydrogen-bond acceptors (Lipinski definition) is 4. The molecular weight excluding hydrogens is 268 g/mol. The van der Waals surface area contributed by atoms with Crippen molar-refractivity contribution in [3.63, 3.8) is 0 Å². The highest BCUT2D eigenvalue weighted by Crippen LogP contribution is 2.28. The van der Waals surface area contributed by atoms with Crippen molar-refractivity contribution < 1.29 is 18.0 Å². The number of sulfonamides is 1. The maximum atomic E-state index is 12.6. The molecule has 0 bridgehead atoms. The van der Waals surface area contributed by atoms with Gasteiger partial charge in [0.1, 0.15) is 6.04 Å². The quantitative estimate of drug-likeness (QED) is 0.761. The fourth-order valence-electron chi connectivity index (χ4n) is 2.85. The Morgan fingerprint density at radius 3 is 2.42 bits per heavy atom. The lowest BCUT2D eigenvalue weighted by molar-refractivity contribution is -0.137. The van der Waals surface area contributed by atoms with Crippen molar-refractivity contribution in [2.24, 2.45) is 0 Å². The molecule has 1 N–H and O–H groups in total. The second kappa shape index (κ2) is 5.58. The zero-order valence-corrected chi connectivity index (χ0v) is 11.9. The molecule has 0 aromatic heterocycles. The number of carbonyl (C=O) groups is 2. The van der Waals surface area contributed by atoms with Crippen LogP contribution in [0.3, 0.4) is 0 Å². The summed E-state index contributed by atoms with van der Waals surface area (Å²) in [6.07, 6.45) is 4.49. The zero-order chi connectivity index (χ0) is 14.0. The second-order valence-electron chi connectivity index (χ2n) is 5.19. The van der Waals surface area contributed by atoms with Crippen molar-refractivity contribution in [3.05, 3.63) is 0 Å². The van der Waals surface area contributed by atoms with Crippen LogP contribution in [0.2, 0.25) is 0 Å². The number of amides is 2. The summed E-state index contributed by atoms with van der Waals surface area (Å²) in [7, 11) is -3.56. The monoisotopic (exact) mass is 288 g/mol. The van der Waals surface area contributed by atoms with Gasteiger partial charge in [0.2, 0.25) is 21.8 Å². The lowest BCUT2D eigenvalue weighted by atomic mass is 10.0. The highest BCUT2D eigenvalue weighted by Gasteiger charge is 2.43. The number of piperazine rings is 1. The summed E-state index contributed by atoms with van der Waals surface area (Å²) in [5.41, 5.74) is 0. The van der Waals surface area contributed by atoms with Crippen molar-refractivity contribution in [2.45, 2.75) is 56.7 Å². The molecule has 2 aliphatic rings. The van der Waals surface area contributed by atoms with Crippen molar-refractivity contribution >= 4 is 21.8 Å². The van der Waals surface area contributed by atoms with Crippen LogP contribution in [0.15, 0.2) is 0 Å². The zero-order valence-electron chi connectivity index (χ0n) is 11.1. The van der Waals surface area contributed by atoms with E-state index in [1.165, 1.54) is 0 Å². The van der Waals surface area contributed by atoms with Crippen molar-refractivity contribution in [3.8, 4) is 0 Å². The number of rotatable bonds is 3. The van der Waals surface area contributed by atoms with Crippen molar-refractivity contribution in [1.82, 2.24) is 9.62 Å². The molecule has 6 nitrogen and oxygen atoms in total. The average molecular weight is 288 g/mol. The molecule has 1 heterocycles. The number of carbonyl (C=O) groups excluding carboxylic acids is 2. The predicted octanol–water partition coefficient (Wildman–Crippen LogP) is 0.386. The molecule has 2 rings (SSSR count). The maximum absolute atomic E-state index is 12.6. The Kier molecular flexibility index (Phi) is 4.25. The highest BCUT2D eigenvalue weighted by atomic mass is 32.2. The van der Waals surface area contributed by atoms with E-state index < -0.39 is 33.1 Å². The molecule has 7 heteroatoms. The minimum atomic E-state index is -3.56. The summed E-state index contributed by atoms with van der Waals surface area (Å²) in [5, 5.41) is 1.77. The minimum Gasteiger partial charge on any atom is -0.294 e. The number of imide groups is 1. The molecule has 2 fully saturated rings. The minimum absolute atomic E-state index is 0.233. The third kappa shape index (κ3) is 2.81. The number of nitrogens with zero attached hydrogens (tertiary/aromatic N) is 1. The molecule has 19 heavy (non-hydrogen) atoms. The van der Waals surface area contributed by atoms with Gasteiger partial charge in [0, 0.05) is 0 Å². The highest BCUT2D eigenvalue weighted by molar-refractivity contribution is 7.89. The Labute approximate surface area is 113 Å². The Balaban J connectivity index is 2.25. The van der Waals surface area contributed by atoms with Gasteiger partial charge in [-0.1, -0.05) is 26.2 Å². The molecular formula is C12H20N2O4S. The van der Waals surface area contributed by atoms with Crippen molar-refractivity contribution in [2.75, 3.05) is 6.54 Å². The van der Waals surface area contributed by atoms with Gasteiger partial charge in [-0.15, -0.1) is 0 Å². The van der Waals surface area contributed by atoms with E-state index in [0.717, 1.165) is 23.6 Å². The summed E-state index contributed by atoms with van der Waals surface area (Å²) < 4.78 is 26.3. The summed E-state index contributed by atoms with van der Waals surface area (Å²) in [5.74, 6) is -1.03. The number of hydrogen-bond donors (Lipinski definition) is 1. The van der Waals surface area contributed by atoms with E-state index in [4.69, 9.17) is 0 Å². The van der Waals surface area contributed by atoms with Gasteiger partial charge in [-0.3, -0.25) is 14.9 Å². The van der Waals surface area contributed by atoms with Gasteiger partial charge in [-0.05, 0) is 19.3 Å². The van der Waals surface area contributed by atoms with Gasteiger partial charge in [0.05, 0.1) is 11.8 Å². The van der Waals surface area contributed by atoms with Gasteiger partial charge in [0.25, 0.3) is 0 Å². The molecule has 0 aromatic carbocycles. The van der Waals surface area contributed by atoms with Crippen LogP contribution in [0.4, 0.5) is 0 Å². The van der Waals surface area contributed by atoms with E-state index in [2.05, 4.69) is 5.32 Å². The topological polar surface area (TPSA) is 83.6 Å². The Morgan fingerprint density at radius 2 is 1.84 bits per heavy atom. The lowest BCUT2D eigenvalue weighted by Crippen LogP contribution is -2.61. The summed E-state index contributed by atoms with van der Waals surface area (Å²) in [4.78, 5) is 23.2. The van der Waals surface area contributed by atoms with Crippen LogP contribution < -0.4 is 5.32 Å². The molecule has 1 unspecified atom stereocenters. The van der Waals surface area contributed by atoms with E-state index in [0.29, 0.717) is 19.3 Å². The SMILES string of the molecule is CCC1C(=O)NC(=O)CN1S(=O)(=O)C1CCCCC1. The van der Waals surface area contributed by atoms with E-state index in [-0.39, 0.29) is 6.54 Å². The third-order valence-corrected chi connectivity index (χ3v) is 6.25. The summed E-state index contributed by atoms with van der Waals surface area (Å²) >= 11 is 0. The molecule has 1 aliphatic heterocycles. The average Bonchev–Trinajstić information content (AvgIpc) is 2.39. The fraction of sp³-hybridized carbons (Fsp3) is 0.833. The van der Waals surface area contributed by atoms with E-state index in [1.807, 2.05) is 0 Å². The first kappa shape index (κ1) is 14.5. The molecule has 1 saturated carbocycles. The summed E-state index contributed by atoms with van der Waals surface area (Å²) in [6.45, 7) is 1.52. The largest absolute Gasteiger partial charge is 0.294 e. The normalized spacial score (nSPS) is 27.3. The smallest absolute Gasteiger partial charge is 0.245 e. The Morgan fingerprint density at radius 1 is 1.21 bits per heavy atom. The van der Waals surface area contributed by atoms with Crippen LogP contribution in [-0.4, -0.2) is 42.4 Å². The molecule has 108 valence electrons. The van der Waals surface area contributed by atoms with Crippen LogP contribution in [0, 0.1) is 0 Å². The second-order valence-corrected chi connectivity index (χ2v) is 7.35. The lowest BCUT2D eigenvalue weighted by Gasteiger charge is -2.36. The first-order chi connectivity index (χ1) is 8.96. The molecule has 1 atom stereocenters. The molecule has 0 radical (unpaired) electrons. The van der Waals surface area contributed by atoms with Gasteiger partial charge in [-0.25, -0.2) is 8.42 Å². The first-order valence-electron chi connectivity index (χ1n) is 6.81. The van der Waals surface area contributed by atoms with Gasteiger partial charge < -0.3 is 0 Å². The Bertz CT molecular complexity index is 468. The molecule has 1 saturated heterocycles. The third-order valence-electron chi connectivity index (χ3n) is 3.90. The van der Waals surface area contributed by atoms with Gasteiger partial charge >= 0.3 is 0 Å². The van der Waals surface area contributed by atoms with Crippen LogP contribution in [0.25, 0.3) is 0 Å². The molecule has 0 aromatic rings. The van der Waals surface area contributed by atoms with Crippen LogP contribution in [0.1, 0.15) is 45.4 Å². The first-order valence-corrected chi connectivity index (χ1v) is 8.31. The van der Waals surface area contributed by atoms with Crippen LogP contribution in [0.5, 0.6) is 0 Å². The van der Waals surface area contributed by atoms with E-state index in [9.17, 15) is 18.0 Å². The van der Waals surface area contributed by atoms with Crippen molar-refractivity contribution in [1.29, 1.82) is 0 Å². The molecule has 0 spiro atoms. The standard InChI is InChI=1S/C12H20N2O4S/c1-2-10-12(16)13-11(15)8-14(10)19(17,18)9-6-4-3-5-7-9/h9-10H,2-8H2,1H3,(H,13,15,16). The summed E-state index contributed by atoms with van der Waals surface area (Å²) in [6, 6.07) is -0.746.